The summed E-state index contributed by atoms with van der Waals surface area (Å²) in [5.74, 6) is 0.778. The SMILES string of the molecule is COc1cccc(CCS(=O)(=O)NCc2ccncc2)c1. The summed E-state index contributed by atoms with van der Waals surface area (Å²) in [7, 11) is -1.72. The van der Waals surface area contributed by atoms with Crippen LogP contribution in [-0.4, -0.2) is 26.3 Å². The number of benzene rings is 1. The zero-order valence-corrected chi connectivity index (χ0v) is 12.6. The van der Waals surface area contributed by atoms with Crippen LogP contribution in [0.3, 0.4) is 0 Å². The number of hydrogen-bond donors (Lipinski definition) is 1. The number of sulfonamides is 1. The third-order valence-corrected chi connectivity index (χ3v) is 4.36. The summed E-state index contributed by atoms with van der Waals surface area (Å²) in [5.41, 5.74) is 1.82. The van der Waals surface area contributed by atoms with E-state index >= 15 is 0 Å². The Hall–Kier alpha value is -1.92. The Bertz CT molecular complexity index is 672. The first-order valence-electron chi connectivity index (χ1n) is 6.58. The summed E-state index contributed by atoms with van der Waals surface area (Å²) in [5, 5.41) is 0. The van der Waals surface area contributed by atoms with Gasteiger partial charge in [0.15, 0.2) is 0 Å². The summed E-state index contributed by atoms with van der Waals surface area (Å²) < 4.78 is 31.7. The number of ether oxygens (including phenoxy) is 1. The van der Waals surface area contributed by atoms with Gasteiger partial charge in [0.25, 0.3) is 0 Å². The molecule has 0 spiro atoms. The molecule has 0 aliphatic carbocycles. The monoisotopic (exact) mass is 306 g/mol. The minimum absolute atomic E-state index is 0.0469. The number of pyridine rings is 1. The molecule has 6 heteroatoms. The highest BCUT2D eigenvalue weighted by atomic mass is 32.2. The molecule has 2 aromatic rings. The molecule has 0 aliphatic rings. The molecule has 0 fully saturated rings. The van der Waals surface area contributed by atoms with E-state index in [2.05, 4.69) is 9.71 Å². The second-order valence-electron chi connectivity index (χ2n) is 4.60. The summed E-state index contributed by atoms with van der Waals surface area (Å²) in [6.07, 6.45) is 3.72. The number of methoxy groups -OCH3 is 1. The molecule has 1 aromatic carbocycles. The van der Waals surface area contributed by atoms with E-state index in [1.54, 1.807) is 31.6 Å². The first kappa shape index (κ1) is 15.5. The largest absolute Gasteiger partial charge is 0.497 e. The summed E-state index contributed by atoms with van der Waals surface area (Å²) in [6, 6.07) is 11.0. The van der Waals surface area contributed by atoms with E-state index in [9.17, 15) is 8.42 Å². The van der Waals surface area contributed by atoms with Crippen molar-refractivity contribution >= 4 is 10.0 Å². The first-order valence-corrected chi connectivity index (χ1v) is 8.23. The molecule has 0 saturated heterocycles. The number of nitrogens with one attached hydrogen (secondary N) is 1. The van der Waals surface area contributed by atoms with Crippen LogP contribution in [-0.2, 0) is 23.0 Å². The Balaban J connectivity index is 1.89. The van der Waals surface area contributed by atoms with Crippen molar-refractivity contribution < 1.29 is 13.2 Å². The molecule has 0 radical (unpaired) electrons. The van der Waals surface area contributed by atoms with Crippen LogP contribution in [0.2, 0.25) is 0 Å². The third-order valence-electron chi connectivity index (χ3n) is 3.04. The van der Waals surface area contributed by atoms with Crippen molar-refractivity contribution in [2.75, 3.05) is 12.9 Å². The molecule has 5 nitrogen and oxygen atoms in total. The van der Waals surface area contributed by atoms with Crippen molar-refractivity contribution in [2.45, 2.75) is 13.0 Å². The highest BCUT2D eigenvalue weighted by molar-refractivity contribution is 7.89. The summed E-state index contributed by atoms with van der Waals surface area (Å²) in [4.78, 5) is 3.89. The minimum atomic E-state index is -3.31. The van der Waals surface area contributed by atoms with Crippen LogP contribution < -0.4 is 9.46 Å². The fourth-order valence-corrected chi connectivity index (χ4v) is 2.88. The Labute approximate surface area is 125 Å². The molecule has 1 heterocycles. The normalized spacial score (nSPS) is 11.3. The molecular formula is C15H18N2O3S. The number of nitrogens with zero attached hydrogens (tertiary/aromatic N) is 1. The lowest BCUT2D eigenvalue weighted by atomic mass is 10.2. The van der Waals surface area contributed by atoms with Crippen molar-refractivity contribution in [3.8, 4) is 5.75 Å². The van der Waals surface area contributed by atoms with Crippen molar-refractivity contribution in [1.29, 1.82) is 0 Å². The summed E-state index contributed by atoms with van der Waals surface area (Å²) >= 11 is 0. The van der Waals surface area contributed by atoms with Gasteiger partial charge in [-0.05, 0) is 41.8 Å². The maximum Gasteiger partial charge on any atom is 0.212 e. The highest BCUT2D eigenvalue weighted by Crippen LogP contribution is 2.13. The number of hydrogen-bond acceptors (Lipinski definition) is 4. The average Bonchev–Trinajstić information content (AvgIpc) is 2.52. The Morgan fingerprint density at radius 2 is 1.90 bits per heavy atom. The lowest BCUT2D eigenvalue weighted by Gasteiger charge is -2.07. The van der Waals surface area contributed by atoms with Crippen LogP contribution in [0.4, 0.5) is 0 Å². The quantitative estimate of drug-likeness (QED) is 0.846. The van der Waals surface area contributed by atoms with Gasteiger partial charge in [-0.1, -0.05) is 12.1 Å². The van der Waals surface area contributed by atoms with E-state index in [1.807, 2.05) is 24.3 Å². The molecule has 0 unspecified atom stereocenters. The van der Waals surface area contributed by atoms with Gasteiger partial charge in [-0.2, -0.15) is 0 Å². The molecule has 2 rings (SSSR count). The molecule has 0 atom stereocenters. The predicted molar refractivity (Wildman–Crippen MR) is 81.6 cm³/mol. The molecule has 0 amide bonds. The van der Waals surface area contributed by atoms with Crippen LogP contribution in [0, 0.1) is 0 Å². The molecule has 21 heavy (non-hydrogen) atoms. The first-order chi connectivity index (χ1) is 10.1. The van der Waals surface area contributed by atoms with Gasteiger partial charge in [0.05, 0.1) is 12.9 Å². The van der Waals surface area contributed by atoms with Crippen LogP contribution in [0.15, 0.2) is 48.8 Å². The van der Waals surface area contributed by atoms with Crippen LogP contribution in [0.5, 0.6) is 5.75 Å². The molecule has 0 saturated carbocycles. The van der Waals surface area contributed by atoms with E-state index in [0.29, 0.717) is 6.42 Å². The van der Waals surface area contributed by atoms with Gasteiger partial charge in [0.2, 0.25) is 10.0 Å². The molecular weight excluding hydrogens is 288 g/mol. The maximum absolute atomic E-state index is 12.0. The van der Waals surface area contributed by atoms with Gasteiger partial charge in [0.1, 0.15) is 5.75 Å². The summed E-state index contributed by atoms with van der Waals surface area (Å²) in [6.45, 7) is 0.281. The maximum atomic E-state index is 12.0. The number of aryl methyl sites for hydroxylation is 1. The molecule has 0 aliphatic heterocycles. The molecule has 112 valence electrons. The number of rotatable bonds is 7. The van der Waals surface area contributed by atoms with Crippen molar-refractivity contribution in [3.05, 3.63) is 59.9 Å². The van der Waals surface area contributed by atoms with Crippen molar-refractivity contribution in [3.63, 3.8) is 0 Å². The highest BCUT2D eigenvalue weighted by Gasteiger charge is 2.10. The lowest BCUT2D eigenvalue weighted by Crippen LogP contribution is -2.26. The second kappa shape index (κ2) is 7.19. The average molecular weight is 306 g/mol. The van der Waals surface area contributed by atoms with Crippen LogP contribution >= 0.6 is 0 Å². The zero-order chi connectivity index (χ0) is 15.1. The molecule has 0 bridgehead atoms. The van der Waals surface area contributed by atoms with E-state index < -0.39 is 10.0 Å². The van der Waals surface area contributed by atoms with Crippen LogP contribution in [0.25, 0.3) is 0 Å². The van der Waals surface area contributed by atoms with Crippen LogP contribution in [0.1, 0.15) is 11.1 Å². The number of aromatic nitrogens is 1. The smallest absolute Gasteiger partial charge is 0.212 e. The van der Waals surface area contributed by atoms with E-state index in [-0.39, 0.29) is 12.3 Å². The predicted octanol–water partition coefficient (Wildman–Crippen LogP) is 1.75. The van der Waals surface area contributed by atoms with Crippen molar-refractivity contribution in [1.82, 2.24) is 9.71 Å². The van der Waals surface area contributed by atoms with E-state index in [4.69, 9.17) is 4.74 Å². The van der Waals surface area contributed by atoms with Gasteiger partial charge in [-0.3, -0.25) is 4.98 Å². The Kier molecular flexibility index (Phi) is 5.30. The fraction of sp³-hybridized carbons (Fsp3) is 0.267. The lowest BCUT2D eigenvalue weighted by molar-refractivity contribution is 0.414. The molecule has 1 N–H and O–H groups in total. The standard InChI is InChI=1S/C15H18N2O3S/c1-20-15-4-2-3-13(11-15)7-10-21(18,19)17-12-14-5-8-16-9-6-14/h2-6,8-9,11,17H,7,10,12H2,1H3. The fourth-order valence-electron chi connectivity index (χ4n) is 1.85. The van der Waals surface area contributed by atoms with Gasteiger partial charge in [-0.25, -0.2) is 13.1 Å². The minimum Gasteiger partial charge on any atom is -0.497 e. The van der Waals surface area contributed by atoms with E-state index in [0.717, 1.165) is 16.9 Å². The van der Waals surface area contributed by atoms with Gasteiger partial charge in [-0.15, -0.1) is 0 Å². The Morgan fingerprint density at radius 1 is 1.14 bits per heavy atom. The van der Waals surface area contributed by atoms with Gasteiger partial charge in [0, 0.05) is 18.9 Å². The van der Waals surface area contributed by atoms with E-state index in [1.165, 1.54) is 0 Å². The van der Waals surface area contributed by atoms with Gasteiger partial charge < -0.3 is 4.74 Å². The van der Waals surface area contributed by atoms with Crippen molar-refractivity contribution in [2.24, 2.45) is 0 Å². The second-order valence-corrected chi connectivity index (χ2v) is 6.52. The third kappa shape index (κ3) is 5.17. The Morgan fingerprint density at radius 3 is 2.62 bits per heavy atom. The van der Waals surface area contributed by atoms with Gasteiger partial charge >= 0.3 is 0 Å². The molecule has 1 aromatic heterocycles. The topological polar surface area (TPSA) is 68.3 Å². The zero-order valence-electron chi connectivity index (χ0n) is 11.8.